The van der Waals surface area contributed by atoms with Crippen molar-refractivity contribution in [2.45, 2.75) is 71.8 Å². The SMILES string of the molecule is CCC1(O)CCCC1CCC(C)(C)C. The maximum absolute atomic E-state index is 10.4. The van der Waals surface area contributed by atoms with Crippen LogP contribution in [0.4, 0.5) is 0 Å². The minimum absolute atomic E-state index is 0.328. The van der Waals surface area contributed by atoms with Crippen molar-refractivity contribution in [3.05, 3.63) is 0 Å². The van der Waals surface area contributed by atoms with Crippen molar-refractivity contribution in [1.29, 1.82) is 0 Å². The molecule has 0 spiro atoms. The summed E-state index contributed by atoms with van der Waals surface area (Å²) in [7, 11) is 0. The van der Waals surface area contributed by atoms with E-state index in [9.17, 15) is 5.11 Å². The first-order valence-electron chi connectivity index (χ1n) is 6.10. The second-order valence-electron chi connectivity index (χ2n) is 6.15. The average molecular weight is 198 g/mol. The van der Waals surface area contributed by atoms with Crippen LogP contribution >= 0.6 is 0 Å². The van der Waals surface area contributed by atoms with Crippen molar-refractivity contribution in [3.63, 3.8) is 0 Å². The Morgan fingerprint density at radius 3 is 2.50 bits per heavy atom. The van der Waals surface area contributed by atoms with E-state index < -0.39 is 0 Å². The van der Waals surface area contributed by atoms with Crippen LogP contribution in [0.25, 0.3) is 0 Å². The molecule has 2 atom stereocenters. The number of hydrogen-bond acceptors (Lipinski definition) is 1. The van der Waals surface area contributed by atoms with E-state index in [0.717, 1.165) is 12.8 Å². The Balaban J connectivity index is 2.44. The zero-order chi connectivity index (χ0) is 10.8. The van der Waals surface area contributed by atoms with Crippen LogP contribution < -0.4 is 0 Å². The van der Waals surface area contributed by atoms with Gasteiger partial charge in [-0.2, -0.15) is 0 Å². The van der Waals surface area contributed by atoms with Gasteiger partial charge in [-0.15, -0.1) is 0 Å². The Bertz CT molecular complexity index is 180. The third kappa shape index (κ3) is 2.98. The normalized spacial score (nSPS) is 33.6. The predicted molar refractivity (Wildman–Crippen MR) is 61.3 cm³/mol. The van der Waals surface area contributed by atoms with Crippen molar-refractivity contribution in [3.8, 4) is 0 Å². The van der Waals surface area contributed by atoms with Gasteiger partial charge in [-0.1, -0.05) is 34.1 Å². The summed E-state index contributed by atoms with van der Waals surface area (Å²) in [6.07, 6.45) is 6.85. The topological polar surface area (TPSA) is 20.2 Å². The van der Waals surface area contributed by atoms with Gasteiger partial charge in [0.05, 0.1) is 5.60 Å². The van der Waals surface area contributed by atoms with Gasteiger partial charge in [-0.05, 0) is 43.4 Å². The van der Waals surface area contributed by atoms with Gasteiger partial charge >= 0.3 is 0 Å². The second kappa shape index (κ2) is 4.22. The highest BCUT2D eigenvalue weighted by Crippen LogP contribution is 2.42. The quantitative estimate of drug-likeness (QED) is 0.732. The summed E-state index contributed by atoms with van der Waals surface area (Å²) in [5.41, 5.74) is 0.0858. The van der Waals surface area contributed by atoms with E-state index in [4.69, 9.17) is 0 Å². The Hall–Kier alpha value is -0.0400. The largest absolute Gasteiger partial charge is 0.390 e. The zero-order valence-electron chi connectivity index (χ0n) is 10.3. The molecule has 1 N–H and O–H groups in total. The molecule has 1 saturated carbocycles. The van der Waals surface area contributed by atoms with E-state index in [0.29, 0.717) is 11.3 Å². The van der Waals surface area contributed by atoms with E-state index in [1.807, 2.05) is 0 Å². The fourth-order valence-corrected chi connectivity index (χ4v) is 2.61. The second-order valence-corrected chi connectivity index (χ2v) is 6.15. The maximum atomic E-state index is 10.4. The van der Waals surface area contributed by atoms with Crippen molar-refractivity contribution in [1.82, 2.24) is 0 Å². The molecule has 1 aliphatic rings. The van der Waals surface area contributed by atoms with Crippen LogP contribution in [-0.4, -0.2) is 10.7 Å². The molecule has 0 aliphatic heterocycles. The van der Waals surface area contributed by atoms with Crippen molar-refractivity contribution >= 4 is 0 Å². The molecule has 14 heavy (non-hydrogen) atoms. The molecule has 0 heterocycles. The maximum Gasteiger partial charge on any atom is 0.0673 e. The minimum Gasteiger partial charge on any atom is -0.390 e. The van der Waals surface area contributed by atoms with Gasteiger partial charge in [0, 0.05) is 0 Å². The molecule has 0 aromatic carbocycles. The third-order valence-corrected chi connectivity index (χ3v) is 3.78. The zero-order valence-corrected chi connectivity index (χ0v) is 10.3. The Kier molecular flexibility index (Phi) is 3.63. The first-order chi connectivity index (χ1) is 6.37. The van der Waals surface area contributed by atoms with Crippen LogP contribution in [0.5, 0.6) is 0 Å². The van der Waals surface area contributed by atoms with Crippen molar-refractivity contribution < 1.29 is 5.11 Å². The molecule has 0 saturated heterocycles. The Labute approximate surface area is 88.9 Å². The Morgan fingerprint density at radius 1 is 1.36 bits per heavy atom. The van der Waals surface area contributed by atoms with Gasteiger partial charge in [0.15, 0.2) is 0 Å². The summed E-state index contributed by atoms with van der Waals surface area (Å²) >= 11 is 0. The lowest BCUT2D eigenvalue weighted by atomic mass is 9.80. The van der Waals surface area contributed by atoms with Crippen LogP contribution in [0.1, 0.15) is 66.2 Å². The highest BCUT2D eigenvalue weighted by molar-refractivity contribution is 4.91. The van der Waals surface area contributed by atoms with E-state index >= 15 is 0 Å². The average Bonchev–Trinajstić information content (AvgIpc) is 2.43. The van der Waals surface area contributed by atoms with E-state index in [-0.39, 0.29) is 5.60 Å². The highest BCUT2D eigenvalue weighted by Gasteiger charge is 2.39. The molecule has 1 fully saturated rings. The van der Waals surface area contributed by atoms with Crippen LogP contribution in [0.3, 0.4) is 0 Å². The van der Waals surface area contributed by atoms with Crippen molar-refractivity contribution in [2.24, 2.45) is 11.3 Å². The molecule has 1 rings (SSSR count). The van der Waals surface area contributed by atoms with E-state index in [1.54, 1.807) is 0 Å². The molecule has 0 aromatic heterocycles. The smallest absolute Gasteiger partial charge is 0.0673 e. The summed E-state index contributed by atoms with van der Waals surface area (Å²) in [6, 6.07) is 0. The van der Waals surface area contributed by atoms with E-state index in [2.05, 4.69) is 27.7 Å². The molecular weight excluding hydrogens is 172 g/mol. The first kappa shape index (κ1) is 12.0. The van der Waals surface area contributed by atoms with Gasteiger partial charge in [-0.25, -0.2) is 0 Å². The molecule has 0 bridgehead atoms. The number of hydrogen-bond donors (Lipinski definition) is 1. The van der Waals surface area contributed by atoms with Gasteiger partial charge in [0.1, 0.15) is 0 Å². The highest BCUT2D eigenvalue weighted by atomic mass is 16.3. The third-order valence-electron chi connectivity index (χ3n) is 3.78. The van der Waals surface area contributed by atoms with E-state index in [1.165, 1.54) is 25.7 Å². The molecule has 2 unspecified atom stereocenters. The van der Waals surface area contributed by atoms with Gasteiger partial charge < -0.3 is 5.11 Å². The summed E-state index contributed by atoms with van der Waals surface area (Å²) in [5.74, 6) is 0.562. The molecule has 0 aromatic rings. The van der Waals surface area contributed by atoms with Gasteiger partial charge in [-0.3, -0.25) is 0 Å². The predicted octanol–water partition coefficient (Wildman–Crippen LogP) is 3.75. The summed E-state index contributed by atoms with van der Waals surface area (Å²) in [5, 5.41) is 10.4. The molecule has 1 heteroatoms. The minimum atomic E-state index is -0.328. The van der Waals surface area contributed by atoms with Crippen LogP contribution in [0, 0.1) is 11.3 Å². The number of rotatable bonds is 3. The first-order valence-corrected chi connectivity index (χ1v) is 6.10. The van der Waals surface area contributed by atoms with Crippen molar-refractivity contribution in [2.75, 3.05) is 0 Å². The fraction of sp³-hybridized carbons (Fsp3) is 1.00. The van der Waals surface area contributed by atoms with Gasteiger partial charge in [0.2, 0.25) is 0 Å². The number of aliphatic hydroxyl groups is 1. The van der Waals surface area contributed by atoms with Crippen LogP contribution in [0.15, 0.2) is 0 Å². The molecule has 0 amide bonds. The van der Waals surface area contributed by atoms with Gasteiger partial charge in [0.25, 0.3) is 0 Å². The molecule has 84 valence electrons. The van der Waals surface area contributed by atoms with Crippen LogP contribution in [0.2, 0.25) is 0 Å². The van der Waals surface area contributed by atoms with Crippen LogP contribution in [-0.2, 0) is 0 Å². The fourth-order valence-electron chi connectivity index (χ4n) is 2.61. The lowest BCUT2D eigenvalue weighted by molar-refractivity contribution is -0.00755. The molecule has 1 nitrogen and oxygen atoms in total. The standard InChI is InChI=1S/C13H26O/c1-5-13(14)9-6-7-11(13)8-10-12(2,3)4/h11,14H,5-10H2,1-4H3. The molecular formula is C13H26O. The monoisotopic (exact) mass is 198 g/mol. The lowest BCUT2D eigenvalue weighted by Crippen LogP contribution is -2.32. The summed E-state index contributed by atoms with van der Waals surface area (Å²) in [4.78, 5) is 0. The summed E-state index contributed by atoms with van der Waals surface area (Å²) < 4.78 is 0. The molecule has 0 radical (unpaired) electrons. The summed E-state index contributed by atoms with van der Waals surface area (Å²) in [6.45, 7) is 8.97. The molecule has 1 aliphatic carbocycles. The Morgan fingerprint density at radius 2 is 2.00 bits per heavy atom. The lowest BCUT2D eigenvalue weighted by Gasteiger charge is -2.31.